The average Bonchev–Trinajstić information content (AvgIpc) is 2.81. The molecule has 1 aliphatic rings. The molecule has 100 valence electrons. The molecule has 2 rings (SSSR count). The third-order valence-electron chi connectivity index (χ3n) is 3.88. The van der Waals surface area contributed by atoms with Crippen LogP contribution in [0.3, 0.4) is 0 Å². The molecule has 0 saturated heterocycles. The zero-order valence-electron chi connectivity index (χ0n) is 11.9. The zero-order chi connectivity index (χ0) is 13.2. The van der Waals surface area contributed by atoms with Gasteiger partial charge in [-0.1, -0.05) is 26.7 Å². The molecular weight excluding hydrogens is 222 g/mol. The van der Waals surface area contributed by atoms with E-state index >= 15 is 0 Å². The van der Waals surface area contributed by atoms with Gasteiger partial charge in [-0.25, -0.2) is 9.97 Å². The van der Waals surface area contributed by atoms with E-state index in [1.807, 2.05) is 0 Å². The summed E-state index contributed by atoms with van der Waals surface area (Å²) in [4.78, 5) is 9.35. The molecule has 0 unspecified atom stereocenters. The molecule has 3 heteroatoms. The summed E-state index contributed by atoms with van der Waals surface area (Å²) in [7, 11) is 0. The average molecular weight is 247 g/mol. The van der Waals surface area contributed by atoms with Gasteiger partial charge in [-0.2, -0.15) is 0 Å². The molecule has 1 aliphatic carbocycles. The molecule has 1 heterocycles. The third-order valence-corrected chi connectivity index (χ3v) is 3.88. The number of rotatable bonds is 4. The van der Waals surface area contributed by atoms with Gasteiger partial charge in [0.25, 0.3) is 0 Å². The first-order chi connectivity index (χ1) is 8.50. The third kappa shape index (κ3) is 3.29. The summed E-state index contributed by atoms with van der Waals surface area (Å²) in [6.07, 6.45) is 6.13. The Kier molecular flexibility index (Phi) is 4.00. The van der Waals surface area contributed by atoms with Crippen molar-refractivity contribution in [2.75, 3.05) is 6.54 Å². The lowest BCUT2D eigenvalue weighted by Crippen LogP contribution is -2.27. The van der Waals surface area contributed by atoms with Crippen LogP contribution in [0.2, 0.25) is 0 Å². The van der Waals surface area contributed by atoms with E-state index in [9.17, 15) is 0 Å². The van der Waals surface area contributed by atoms with Crippen LogP contribution >= 0.6 is 0 Å². The first-order valence-corrected chi connectivity index (χ1v) is 7.05. The van der Waals surface area contributed by atoms with Gasteiger partial charge in [-0.05, 0) is 37.8 Å². The van der Waals surface area contributed by atoms with Crippen LogP contribution < -0.4 is 5.73 Å². The SMILES string of the molecule is Cc1cc(C2CCCC2)nc(CC(C)(C)CN)n1. The second kappa shape index (κ2) is 5.35. The Bertz CT molecular complexity index is 406. The minimum atomic E-state index is 0.0841. The highest BCUT2D eigenvalue weighted by molar-refractivity contribution is 5.16. The van der Waals surface area contributed by atoms with Crippen molar-refractivity contribution in [1.29, 1.82) is 0 Å². The predicted octanol–water partition coefficient (Wildman–Crippen LogP) is 2.97. The summed E-state index contributed by atoms with van der Waals surface area (Å²) in [5.74, 6) is 1.62. The molecule has 1 saturated carbocycles. The number of nitrogens with zero attached hydrogens (tertiary/aromatic N) is 2. The largest absolute Gasteiger partial charge is 0.330 e. The minimum absolute atomic E-state index is 0.0841. The molecule has 1 aromatic rings. The molecule has 0 bridgehead atoms. The van der Waals surface area contributed by atoms with E-state index in [2.05, 4.69) is 31.8 Å². The Morgan fingerprint density at radius 3 is 2.56 bits per heavy atom. The van der Waals surface area contributed by atoms with E-state index in [1.54, 1.807) is 0 Å². The van der Waals surface area contributed by atoms with Crippen LogP contribution in [0.5, 0.6) is 0 Å². The summed E-state index contributed by atoms with van der Waals surface area (Å²) in [6.45, 7) is 7.09. The van der Waals surface area contributed by atoms with Gasteiger partial charge in [0, 0.05) is 23.7 Å². The van der Waals surface area contributed by atoms with Crippen molar-refractivity contribution in [3.63, 3.8) is 0 Å². The molecule has 0 atom stereocenters. The van der Waals surface area contributed by atoms with Gasteiger partial charge >= 0.3 is 0 Å². The Hall–Kier alpha value is -0.960. The molecule has 18 heavy (non-hydrogen) atoms. The van der Waals surface area contributed by atoms with E-state index in [-0.39, 0.29) is 5.41 Å². The molecular formula is C15H25N3. The van der Waals surface area contributed by atoms with E-state index in [1.165, 1.54) is 31.4 Å². The summed E-state index contributed by atoms with van der Waals surface area (Å²) in [5, 5.41) is 0. The predicted molar refractivity (Wildman–Crippen MR) is 74.5 cm³/mol. The minimum Gasteiger partial charge on any atom is -0.330 e. The maximum Gasteiger partial charge on any atom is 0.129 e. The lowest BCUT2D eigenvalue weighted by atomic mass is 9.89. The van der Waals surface area contributed by atoms with Crippen molar-refractivity contribution in [2.24, 2.45) is 11.1 Å². The van der Waals surface area contributed by atoms with Crippen molar-refractivity contribution < 1.29 is 0 Å². The van der Waals surface area contributed by atoms with Crippen molar-refractivity contribution in [1.82, 2.24) is 9.97 Å². The second-order valence-electron chi connectivity index (χ2n) is 6.38. The zero-order valence-corrected chi connectivity index (χ0v) is 11.9. The van der Waals surface area contributed by atoms with Crippen LogP contribution in [0.4, 0.5) is 0 Å². The van der Waals surface area contributed by atoms with Gasteiger partial charge < -0.3 is 5.73 Å². The number of nitrogens with two attached hydrogens (primary N) is 1. The molecule has 3 nitrogen and oxygen atoms in total. The second-order valence-corrected chi connectivity index (χ2v) is 6.38. The van der Waals surface area contributed by atoms with Gasteiger partial charge in [-0.15, -0.1) is 0 Å². The fourth-order valence-electron chi connectivity index (χ4n) is 2.67. The highest BCUT2D eigenvalue weighted by Crippen LogP contribution is 2.33. The van der Waals surface area contributed by atoms with Crippen molar-refractivity contribution >= 4 is 0 Å². The van der Waals surface area contributed by atoms with Crippen LogP contribution in [0.15, 0.2) is 6.07 Å². The fraction of sp³-hybridized carbons (Fsp3) is 0.733. The highest BCUT2D eigenvalue weighted by Gasteiger charge is 2.22. The summed E-state index contributed by atoms with van der Waals surface area (Å²) < 4.78 is 0. The molecule has 0 aliphatic heterocycles. The molecule has 0 amide bonds. The van der Waals surface area contributed by atoms with Gasteiger partial charge in [-0.3, -0.25) is 0 Å². The Morgan fingerprint density at radius 1 is 1.28 bits per heavy atom. The maximum absolute atomic E-state index is 5.80. The Morgan fingerprint density at radius 2 is 1.94 bits per heavy atom. The summed E-state index contributed by atoms with van der Waals surface area (Å²) in [6, 6.07) is 2.16. The normalized spacial score (nSPS) is 17.3. The summed E-state index contributed by atoms with van der Waals surface area (Å²) in [5.41, 5.74) is 8.23. The smallest absolute Gasteiger partial charge is 0.129 e. The van der Waals surface area contributed by atoms with E-state index in [0.717, 1.165) is 17.9 Å². The van der Waals surface area contributed by atoms with Gasteiger partial charge in [0.05, 0.1) is 0 Å². The maximum atomic E-state index is 5.80. The molecule has 0 radical (unpaired) electrons. The molecule has 2 N–H and O–H groups in total. The van der Waals surface area contributed by atoms with Gasteiger partial charge in [0.2, 0.25) is 0 Å². The van der Waals surface area contributed by atoms with Crippen LogP contribution in [0.25, 0.3) is 0 Å². The molecule has 1 aromatic heterocycles. The first-order valence-electron chi connectivity index (χ1n) is 7.05. The van der Waals surface area contributed by atoms with Crippen LogP contribution in [0, 0.1) is 12.3 Å². The Balaban J connectivity index is 2.20. The first kappa shape index (κ1) is 13.5. The number of aryl methyl sites for hydroxylation is 1. The number of hydrogen-bond donors (Lipinski definition) is 1. The van der Waals surface area contributed by atoms with Crippen LogP contribution in [-0.2, 0) is 6.42 Å². The molecule has 0 aromatic carbocycles. The van der Waals surface area contributed by atoms with Crippen LogP contribution in [-0.4, -0.2) is 16.5 Å². The van der Waals surface area contributed by atoms with Crippen molar-refractivity contribution in [3.8, 4) is 0 Å². The topological polar surface area (TPSA) is 51.8 Å². The van der Waals surface area contributed by atoms with E-state index < -0.39 is 0 Å². The fourth-order valence-corrected chi connectivity index (χ4v) is 2.67. The molecule has 1 fully saturated rings. The number of aromatic nitrogens is 2. The van der Waals surface area contributed by atoms with E-state index in [0.29, 0.717) is 12.5 Å². The van der Waals surface area contributed by atoms with Gasteiger partial charge in [0.1, 0.15) is 5.82 Å². The lowest BCUT2D eigenvalue weighted by molar-refractivity contribution is 0.366. The number of hydrogen-bond acceptors (Lipinski definition) is 3. The molecule has 0 spiro atoms. The summed E-state index contributed by atoms with van der Waals surface area (Å²) >= 11 is 0. The van der Waals surface area contributed by atoms with Gasteiger partial charge in [0.15, 0.2) is 0 Å². The Labute approximate surface area is 110 Å². The lowest BCUT2D eigenvalue weighted by Gasteiger charge is -2.22. The van der Waals surface area contributed by atoms with Crippen molar-refractivity contribution in [2.45, 2.75) is 58.8 Å². The standard InChI is InChI=1S/C15H25N3/c1-11-8-13(12-6-4-5-7-12)18-14(17-11)9-15(2,3)10-16/h8,12H,4-7,9-10,16H2,1-3H3. The van der Waals surface area contributed by atoms with E-state index in [4.69, 9.17) is 10.7 Å². The van der Waals surface area contributed by atoms with Crippen LogP contribution in [0.1, 0.15) is 62.7 Å². The highest BCUT2D eigenvalue weighted by atomic mass is 14.9. The quantitative estimate of drug-likeness (QED) is 0.890. The monoisotopic (exact) mass is 247 g/mol. The van der Waals surface area contributed by atoms with Crippen molar-refractivity contribution in [3.05, 3.63) is 23.3 Å².